The van der Waals surface area contributed by atoms with Crippen molar-refractivity contribution in [2.75, 3.05) is 11.9 Å². The maximum absolute atomic E-state index is 12.6. The first-order valence-electron chi connectivity index (χ1n) is 8.51. The molecular formula is C20H23ClN2O3. The van der Waals surface area contributed by atoms with Crippen molar-refractivity contribution in [3.8, 4) is 5.75 Å². The Morgan fingerprint density at radius 2 is 1.65 bits per heavy atom. The number of carbonyl (C=O) groups is 2. The molecule has 6 heteroatoms. The summed E-state index contributed by atoms with van der Waals surface area (Å²) < 4.78 is 5.38. The molecule has 0 aliphatic rings. The van der Waals surface area contributed by atoms with Crippen LogP contribution in [0.3, 0.4) is 0 Å². The highest BCUT2D eigenvalue weighted by atomic mass is 35.5. The van der Waals surface area contributed by atoms with Gasteiger partial charge in [0.25, 0.3) is 5.91 Å². The molecule has 0 unspecified atom stereocenters. The SMILES string of the molecule is CCOc1ccc(NC(=O)[C@@H](NC(=O)c2ccc(Cl)cc2)C(C)C)cc1. The van der Waals surface area contributed by atoms with Crippen molar-refractivity contribution in [3.05, 3.63) is 59.1 Å². The van der Waals surface area contributed by atoms with Gasteiger partial charge in [-0.1, -0.05) is 25.4 Å². The van der Waals surface area contributed by atoms with Crippen LogP contribution in [-0.2, 0) is 4.79 Å². The molecule has 0 aromatic heterocycles. The molecule has 1 atom stereocenters. The van der Waals surface area contributed by atoms with Crippen molar-refractivity contribution in [1.82, 2.24) is 5.32 Å². The van der Waals surface area contributed by atoms with Crippen LogP contribution in [0.1, 0.15) is 31.1 Å². The van der Waals surface area contributed by atoms with E-state index in [0.717, 1.165) is 5.75 Å². The Morgan fingerprint density at radius 1 is 1.04 bits per heavy atom. The van der Waals surface area contributed by atoms with Crippen LogP contribution in [0, 0.1) is 5.92 Å². The third-order valence-electron chi connectivity index (χ3n) is 3.78. The summed E-state index contributed by atoms with van der Waals surface area (Å²) in [4.78, 5) is 25.0. The van der Waals surface area contributed by atoms with E-state index in [1.165, 1.54) is 0 Å². The minimum Gasteiger partial charge on any atom is -0.494 e. The fourth-order valence-electron chi connectivity index (χ4n) is 2.38. The first kappa shape index (κ1) is 19.8. The van der Waals surface area contributed by atoms with Crippen LogP contribution in [0.2, 0.25) is 5.02 Å². The van der Waals surface area contributed by atoms with Gasteiger partial charge in [-0.2, -0.15) is 0 Å². The van der Waals surface area contributed by atoms with Crippen LogP contribution < -0.4 is 15.4 Å². The summed E-state index contributed by atoms with van der Waals surface area (Å²) >= 11 is 5.84. The molecule has 0 aliphatic heterocycles. The van der Waals surface area contributed by atoms with Crippen LogP contribution in [0.15, 0.2) is 48.5 Å². The average molecular weight is 375 g/mol. The summed E-state index contributed by atoms with van der Waals surface area (Å²) in [6.07, 6.45) is 0. The molecule has 0 saturated carbocycles. The molecule has 5 nitrogen and oxygen atoms in total. The number of amides is 2. The van der Waals surface area contributed by atoms with Crippen LogP contribution >= 0.6 is 11.6 Å². The van der Waals surface area contributed by atoms with Crippen molar-refractivity contribution in [3.63, 3.8) is 0 Å². The van der Waals surface area contributed by atoms with E-state index < -0.39 is 6.04 Å². The topological polar surface area (TPSA) is 67.4 Å². The molecule has 0 fully saturated rings. The molecule has 2 aromatic carbocycles. The summed E-state index contributed by atoms with van der Waals surface area (Å²) in [6.45, 7) is 6.25. The lowest BCUT2D eigenvalue weighted by molar-refractivity contribution is -0.118. The molecule has 2 amide bonds. The number of halogens is 1. The van der Waals surface area contributed by atoms with Crippen LogP contribution in [0.4, 0.5) is 5.69 Å². The first-order valence-corrected chi connectivity index (χ1v) is 8.88. The maximum Gasteiger partial charge on any atom is 0.251 e. The lowest BCUT2D eigenvalue weighted by atomic mass is 10.0. The number of hydrogen-bond acceptors (Lipinski definition) is 3. The zero-order chi connectivity index (χ0) is 19.1. The standard InChI is InChI=1S/C20H23ClN2O3/c1-4-26-17-11-9-16(10-12-17)22-20(25)18(13(2)3)23-19(24)14-5-7-15(21)8-6-14/h5-13,18H,4H2,1-3H3,(H,22,25)(H,23,24)/t18-/m0/s1. The Labute approximate surface area is 158 Å². The molecule has 26 heavy (non-hydrogen) atoms. The van der Waals surface area contributed by atoms with Gasteiger partial charge < -0.3 is 15.4 Å². The molecule has 0 bridgehead atoms. The number of rotatable bonds is 7. The Hall–Kier alpha value is -2.53. The fourth-order valence-corrected chi connectivity index (χ4v) is 2.51. The van der Waals surface area contributed by atoms with Crippen molar-refractivity contribution in [1.29, 1.82) is 0 Å². The minimum absolute atomic E-state index is 0.0750. The van der Waals surface area contributed by atoms with E-state index in [2.05, 4.69) is 10.6 Å². The average Bonchev–Trinajstić information content (AvgIpc) is 2.61. The van der Waals surface area contributed by atoms with Crippen molar-refractivity contribution >= 4 is 29.1 Å². The van der Waals surface area contributed by atoms with E-state index in [1.54, 1.807) is 48.5 Å². The number of anilines is 1. The number of hydrogen-bond donors (Lipinski definition) is 2. The maximum atomic E-state index is 12.6. The minimum atomic E-state index is -0.662. The molecule has 0 saturated heterocycles. The predicted octanol–water partition coefficient (Wildman–Crippen LogP) is 4.13. The van der Waals surface area contributed by atoms with E-state index in [4.69, 9.17) is 16.3 Å². The van der Waals surface area contributed by atoms with Gasteiger partial charge in [-0.3, -0.25) is 9.59 Å². The second-order valence-corrected chi connectivity index (χ2v) is 6.59. The van der Waals surface area contributed by atoms with E-state index >= 15 is 0 Å². The zero-order valence-corrected chi connectivity index (χ0v) is 15.8. The van der Waals surface area contributed by atoms with Gasteiger partial charge in [-0.25, -0.2) is 0 Å². The van der Waals surface area contributed by atoms with Gasteiger partial charge in [0.15, 0.2) is 0 Å². The smallest absolute Gasteiger partial charge is 0.251 e. The zero-order valence-electron chi connectivity index (χ0n) is 15.1. The highest BCUT2D eigenvalue weighted by Crippen LogP contribution is 2.17. The number of benzene rings is 2. The van der Waals surface area contributed by atoms with Gasteiger partial charge >= 0.3 is 0 Å². The van der Waals surface area contributed by atoms with Crippen LogP contribution in [0.25, 0.3) is 0 Å². The number of ether oxygens (including phenoxy) is 1. The molecule has 2 rings (SSSR count). The molecule has 138 valence electrons. The lowest BCUT2D eigenvalue weighted by Gasteiger charge is -2.22. The third-order valence-corrected chi connectivity index (χ3v) is 4.03. The monoisotopic (exact) mass is 374 g/mol. The third kappa shape index (κ3) is 5.49. The van der Waals surface area contributed by atoms with E-state index in [0.29, 0.717) is 22.9 Å². The van der Waals surface area contributed by atoms with E-state index in [-0.39, 0.29) is 17.7 Å². The highest BCUT2D eigenvalue weighted by Gasteiger charge is 2.24. The van der Waals surface area contributed by atoms with Gasteiger partial charge in [0.1, 0.15) is 11.8 Å². The van der Waals surface area contributed by atoms with Crippen LogP contribution in [-0.4, -0.2) is 24.5 Å². The van der Waals surface area contributed by atoms with Gasteiger partial charge in [0.05, 0.1) is 6.61 Å². The predicted molar refractivity (Wildman–Crippen MR) is 104 cm³/mol. The van der Waals surface area contributed by atoms with Gasteiger partial charge in [-0.05, 0) is 61.4 Å². The molecule has 0 aliphatic carbocycles. The van der Waals surface area contributed by atoms with Crippen molar-refractivity contribution in [2.45, 2.75) is 26.8 Å². The van der Waals surface area contributed by atoms with Crippen LogP contribution in [0.5, 0.6) is 5.75 Å². The molecule has 2 N–H and O–H groups in total. The molecule has 0 spiro atoms. The summed E-state index contributed by atoms with van der Waals surface area (Å²) in [6, 6.07) is 13.0. The molecular weight excluding hydrogens is 352 g/mol. The summed E-state index contributed by atoms with van der Waals surface area (Å²) in [5.74, 6) is 0.0737. The summed E-state index contributed by atoms with van der Waals surface area (Å²) in [7, 11) is 0. The summed E-state index contributed by atoms with van der Waals surface area (Å²) in [5.41, 5.74) is 1.10. The quantitative estimate of drug-likeness (QED) is 0.765. The Morgan fingerprint density at radius 3 is 2.19 bits per heavy atom. The summed E-state index contributed by atoms with van der Waals surface area (Å²) in [5, 5.41) is 6.16. The van der Waals surface area contributed by atoms with Gasteiger partial charge in [0, 0.05) is 16.3 Å². The normalized spacial score (nSPS) is 11.7. The largest absolute Gasteiger partial charge is 0.494 e. The Balaban J connectivity index is 2.04. The first-order chi connectivity index (χ1) is 12.4. The number of carbonyl (C=O) groups excluding carboxylic acids is 2. The fraction of sp³-hybridized carbons (Fsp3) is 0.300. The lowest BCUT2D eigenvalue weighted by Crippen LogP contribution is -2.47. The molecule has 2 aromatic rings. The second-order valence-electron chi connectivity index (χ2n) is 6.15. The molecule has 0 radical (unpaired) electrons. The second kappa shape index (κ2) is 9.25. The van der Waals surface area contributed by atoms with Gasteiger partial charge in [-0.15, -0.1) is 0 Å². The van der Waals surface area contributed by atoms with E-state index in [9.17, 15) is 9.59 Å². The Kier molecular flexibility index (Phi) is 7.04. The van der Waals surface area contributed by atoms with E-state index in [1.807, 2.05) is 20.8 Å². The highest BCUT2D eigenvalue weighted by molar-refractivity contribution is 6.30. The number of nitrogens with one attached hydrogen (secondary N) is 2. The molecule has 0 heterocycles. The Bertz CT molecular complexity index is 743. The van der Waals surface area contributed by atoms with Crippen molar-refractivity contribution < 1.29 is 14.3 Å². The van der Waals surface area contributed by atoms with Crippen molar-refractivity contribution in [2.24, 2.45) is 5.92 Å². The van der Waals surface area contributed by atoms with Gasteiger partial charge in [0.2, 0.25) is 5.91 Å².